The molecule has 6 aromatic rings. The molecule has 3 saturated carbocycles. The lowest BCUT2D eigenvalue weighted by molar-refractivity contribution is -0.384. The van der Waals surface area contributed by atoms with Gasteiger partial charge < -0.3 is 29.8 Å². The van der Waals surface area contributed by atoms with Crippen LogP contribution in [0, 0.1) is 21.4 Å². The molecule has 5 fully saturated rings. The van der Waals surface area contributed by atoms with Gasteiger partial charge in [0.1, 0.15) is 28.6 Å². The lowest BCUT2D eigenvalue weighted by Crippen LogP contribution is -2.60. The Hall–Kier alpha value is -6.53. The van der Waals surface area contributed by atoms with Gasteiger partial charge in [0, 0.05) is 87.3 Å². The number of amides is 1. The number of aromatic amines is 1. The van der Waals surface area contributed by atoms with Crippen LogP contribution in [-0.2, 0) is 16.6 Å². The summed E-state index contributed by atoms with van der Waals surface area (Å²) < 4.78 is 42.3. The number of rotatable bonds is 17. The third-order valence-electron chi connectivity index (χ3n) is 16.9. The number of sulfonamides is 1. The maximum Gasteiger partial charge on any atom is 0.293 e. The third kappa shape index (κ3) is 11.4. The molecule has 0 bridgehead atoms. The molecule has 1 unspecified atom stereocenters. The van der Waals surface area contributed by atoms with Crippen LogP contribution in [0.15, 0.2) is 114 Å². The number of nitrogens with zero attached hydrogens (tertiary/aromatic N) is 5. The van der Waals surface area contributed by atoms with Crippen LogP contribution in [0.2, 0.25) is 0 Å². The number of carbonyl (C=O) groups is 1. The van der Waals surface area contributed by atoms with Crippen molar-refractivity contribution in [1.29, 1.82) is 0 Å². The molecule has 2 aromatic heterocycles. The smallest absolute Gasteiger partial charge is 0.293 e. The predicted octanol–water partition coefficient (Wildman–Crippen LogP) is 10.7. The summed E-state index contributed by atoms with van der Waals surface area (Å²) in [6.45, 7) is 12.4. The summed E-state index contributed by atoms with van der Waals surface area (Å²) in [4.78, 5) is 40.6. The Bertz CT molecular complexity index is 3190. The summed E-state index contributed by atoms with van der Waals surface area (Å²) in [5.41, 5.74) is 4.92. The Morgan fingerprint density at radius 1 is 0.908 bits per heavy atom. The topological polar surface area (TPSA) is 195 Å². The van der Waals surface area contributed by atoms with Crippen LogP contribution in [0.3, 0.4) is 0 Å². The number of aromatic nitrogens is 2. The van der Waals surface area contributed by atoms with Crippen molar-refractivity contribution in [3.8, 4) is 17.2 Å². The molecule has 0 radical (unpaired) electrons. The summed E-state index contributed by atoms with van der Waals surface area (Å²) in [7, 11) is -4.59. The van der Waals surface area contributed by atoms with Crippen molar-refractivity contribution in [3.63, 3.8) is 0 Å². The maximum atomic E-state index is 14.1. The highest BCUT2D eigenvalue weighted by Crippen LogP contribution is 2.53. The largest absolute Gasteiger partial charge is 0.490 e. The van der Waals surface area contributed by atoms with E-state index in [0.717, 1.165) is 114 Å². The van der Waals surface area contributed by atoms with Gasteiger partial charge in [-0.1, -0.05) is 50.2 Å². The molecule has 2 aliphatic heterocycles. The van der Waals surface area contributed by atoms with Gasteiger partial charge in [-0.2, -0.15) is 0 Å². The van der Waals surface area contributed by atoms with Crippen molar-refractivity contribution in [2.24, 2.45) is 11.3 Å². The van der Waals surface area contributed by atoms with Crippen LogP contribution in [0.25, 0.3) is 11.0 Å². The molecule has 4 heterocycles. The van der Waals surface area contributed by atoms with E-state index in [0.29, 0.717) is 54.9 Å². The highest BCUT2D eigenvalue weighted by Gasteiger charge is 2.50. The second kappa shape index (κ2) is 21.1. The summed E-state index contributed by atoms with van der Waals surface area (Å²) >= 11 is 0. The van der Waals surface area contributed by atoms with Gasteiger partial charge in [-0.3, -0.25) is 24.7 Å². The number of anilines is 2. The Labute approximate surface area is 445 Å². The number of H-pyrrole nitrogens is 1. The number of hydrogen-bond donors (Lipinski definition) is 4. The van der Waals surface area contributed by atoms with Crippen molar-refractivity contribution >= 4 is 44.0 Å². The third-order valence-corrected chi connectivity index (χ3v) is 18.2. The van der Waals surface area contributed by atoms with Gasteiger partial charge in [0.25, 0.3) is 21.6 Å². The number of ether oxygens (including phenoxy) is 2. The van der Waals surface area contributed by atoms with E-state index in [1.165, 1.54) is 28.8 Å². The molecule has 76 heavy (non-hydrogen) atoms. The standard InChI is InChI=1S/C59H70N8O8S/c1-39(2)49-6-4-5-7-50(49)54-38-64(37-41-8-11-45(12-9-41)74-46-13-14-46)28-29-66(54)44-33-59(34-44)23-26-65(27-24-59)43-10-16-51(55(31-43)75-47-30-42-20-25-60-56(42)62-36-47)57(68)63-76(72,73)48-15-17-52(53(32-48)67(70)71)61-35-40-18-21-58(3,69)22-19-40/h4-12,15-17,20,25,30-32,36,39-40,44,46,54,61,69H,13-14,18-19,21-24,26-29,33-35,37-38H2,1-3H3,(H,60,62)(H,63,68). The number of fused-ring (bicyclic) bond motifs is 1. The zero-order chi connectivity index (χ0) is 52.8. The van der Waals surface area contributed by atoms with Crippen molar-refractivity contribution in [3.05, 3.63) is 142 Å². The van der Waals surface area contributed by atoms with Crippen molar-refractivity contribution in [2.75, 3.05) is 49.5 Å². The molecule has 11 rings (SSSR count). The molecule has 16 nitrogen and oxygen atoms in total. The van der Waals surface area contributed by atoms with Gasteiger partial charge in [-0.05, 0) is 154 Å². The first-order valence-electron chi connectivity index (χ1n) is 27.2. The van der Waals surface area contributed by atoms with Crippen LogP contribution in [0.4, 0.5) is 17.1 Å². The van der Waals surface area contributed by atoms with E-state index in [1.807, 2.05) is 19.1 Å². The maximum absolute atomic E-state index is 14.1. The fraction of sp³-hybridized carbons (Fsp3) is 0.458. The molecule has 5 aliphatic rings. The average molecular weight is 1050 g/mol. The first-order valence-corrected chi connectivity index (χ1v) is 28.7. The lowest BCUT2D eigenvalue weighted by Gasteiger charge is -2.58. The van der Waals surface area contributed by atoms with Crippen molar-refractivity contribution in [1.82, 2.24) is 24.5 Å². The molecule has 4 N–H and O–H groups in total. The lowest BCUT2D eigenvalue weighted by atomic mass is 9.59. The highest BCUT2D eigenvalue weighted by molar-refractivity contribution is 7.90. The normalized spacial score (nSPS) is 22.4. The number of carbonyl (C=O) groups excluding carboxylic acids is 1. The molecule has 400 valence electrons. The number of piperazine rings is 1. The van der Waals surface area contributed by atoms with Gasteiger partial charge in [0.2, 0.25) is 0 Å². The molecule has 2 saturated heterocycles. The molecular formula is C59H70N8O8S. The van der Waals surface area contributed by atoms with Crippen LogP contribution < -0.4 is 24.4 Å². The number of nitro benzene ring substituents is 1. The minimum absolute atomic E-state index is 0.0267. The quantitative estimate of drug-likeness (QED) is 0.0498. The van der Waals surface area contributed by atoms with Crippen LogP contribution in [0.5, 0.6) is 17.2 Å². The predicted molar refractivity (Wildman–Crippen MR) is 294 cm³/mol. The van der Waals surface area contributed by atoms with Crippen LogP contribution in [-0.4, -0.2) is 101 Å². The highest BCUT2D eigenvalue weighted by atomic mass is 32.2. The Balaban J connectivity index is 0.770. The Morgan fingerprint density at radius 3 is 2.41 bits per heavy atom. The first-order chi connectivity index (χ1) is 36.6. The SMILES string of the molecule is CC(C)c1ccccc1C1CN(Cc2ccc(OC3CC3)cc2)CCN1C1CC2(CCN(c3ccc(C(=O)NS(=O)(=O)c4ccc(NCC5CCC(C)(O)CC5)c([N+](=O)[O-])c4)c(Oc4cnc5[nH]ccc5c4)c3)CC2)C1. The Kier molecular flexibility index (Phi) is 14.3. The number of hydrogen-bond acceptors (Lipinski definition) is 13. The average Bonchev–Trinajstić information content (AvgIpc) is 4.10. The number of benzene rings is 4. The molecule has 3 aliphatic carbocycles. The fourth-order valence-electron chi connectivity index (χ4n) is 12.2. The summed E-state index contributed by atoms with van der Waals surface area (Å²) in [5, 5.41) is 26.5. The van der Waals surface area contributed by atoms with E-state index in [4.69, 9.17) is 9.47 Å². The zero-order valence-corrected chi connectivity index (χ0v) is 44.6. The summed E-state index contributed by atoms with van der Waals surface area (Å²) in [5.74, 6) is 1.14. The molecule has 1 amide bonds. The molecule has 1 atom stereocenters. The van der Waals surface area contributed by atoms with E-state index in [1.54, 1.807) is 30.6 Å². The fourth-order valence-corrected chi connectivity index (χ4v) is 13.2. The second-order valence-corrected chi connectivity index (χ2v) is 24.5. The number of piperidine rings is 1. The van der Waals surface area contributed by atoms with Gasteiger partial charge in [-0.25, -0.2) is 18.1 Å². The van der Waals surface area contributed by atoms with Gasteiger partial charge in [-0.15, -0.1) is 0 Å². The molecule has 1 spiro atoms. The van der Waals surface area contributed by atoms with Gasteiger partial charge in [0.05, 0.1) is 33.3 Å². The van der Waals surface area contributed by atoms with E-state index >= 15 is 0 Å². The van der Waals surface area contributed by atoms with Crippen LogP contribution >= 0.6 is 0 Å². The first kappa shape index (κ1) is 51.6. The minimum atomic E-state index is -4.59. The number of nitrogens with one attached hydrogen (secondary N) is 3. The van der Waals surface area contributed by atoms with E-state index < -0.39 is 37.0 Å². The Morgan fingerprint density at radius 2 is 1.67 bits per heavy atom. The zero-order valence-electron chi connectivity index (χ0n) is 43.7. The molecule has 17 heteroatoms. The second-order valence-electron chi connectivity index (χ2n) is 22.8. The number of nitro groups is 1. The summed E-state index contributed by atoms with van der Waals surface area (Å²) in [6, 6.07) is 30.9. The van der Waals surface area contributed by atoms with Crippen LogP contribution in [0.1, 0.15) is 124 Å². The number of pyridine rings is 1. The molecule has 4 aromatic carbocycles. The monoisotopic (exact) mass is 1050 g/mol. The summed E-state index contributed by atoms with van der Waals surface area (Å²) in [6.07, 6.45) is 13.1. The minimum Gasteiger partial charge on any atom is -0.490 e. The van der Waals surface area contributed by atoms with E-state index in [2.05, 4.69) is 97.1 Å². The van der Waals surface area contributed by atoms with E-state index in [-0.39, 0.29) is 28.3 Å². The number of aliphatic hydroxyl groups is 1. The van der Waals surface area contributed by atoms with Gasteiger partial charge >= 0.3 is 0 Å². The van der Waals surface area contributed by atoms with Gasteiger partial charge in [0.15, 0.2) is 0 Å². The van der Waals surface area contributed by atoms with Crippen molar-refractivity contribution < 1.29 is 32.7 Å². The molecular weight excluding hydrogens is 981 g/mol. The van der Waals surface area contributed by atoms with E-state index in [9.17, 15) is 28.4 Å². The van der Waals surface area contributed by atoms with Crippen molar-refractivity contribution in [2.45, 2.75) is 126 Å².